The van der Waals surface area contributed by atoms with Gasteiger partial charge in [-0.1, -0.05) is 11.6 Å². The van der Waals surface area contributed by atoms with E-state index in [1.165, 1.54) is 0 Å². The third kappa shape index (κ3) is 1.24. The van der Waals surface area contributed by atoms with Crippen LogP contribution in [0.25, 0.3) is 0 Å². The molecule has 4 nitrogen and oxygen atoms in total. The number of Topliss-reactive ketones (excluding diaryl/α,β-unsaturated/α-hetero) is 1. The van der Waals surface area contributed by atoms with E-state index in [2.05, 4.69) is 10.3 Å². The van der Waals surface area contributed by atoms with E-state index in [1.807, 2.05) is 0 Å². The number of nitrogens with zero attached hydrogens (tertiary/aromatic N) is 3. The number of carbonyl (C=O) groups is 1. The zero-order valence-corrected chi connectivity index (χ0v) is 6.81. The number of carbonyl (C=O) groups excluding carboxylic acids is 1. The predicted molar refractivity (Wildman–Crippen MR) is 42.5 cm³/mol. The highest BCUT2D eigenvalue weighted by atomic mass is 16.1. The third-order valence-electron chi connectivity index (χ3n) is 2.28. The topological polar surface area (TPSA) is 47.8 Å². The van der Waals surface area contributed by atoms with Gasteiger partial charge >= 0.3 is 0 Å². The van der Waals surface area contributed by atoms with E-state index in [0.717, 1.165) is 19.3 Å². The maximum absolute atomic E-state index is 11.4. The molecule has 0 spiro atoms. The Bertz CT molecular complexity index is 268. The van der Waals surface area contributed by atoms with Crippen molar-refractivity contribution in [3.05, 3.63) is 12.4 Å². The van der Waals surface area contributed by atoms with Gasteiger partial charge in [0, 0.05) is 12.6 Å². The molecule has 1 aromatic rings. The Morgan fingerprint density at radius 3 is 3.08 bits per heavy atom. The van der Waals surface area contributed by atoms with E-state index in [9.17, 15) is 4.79 Å². The van der Waals surface area contributed by atoms with Gasteiger partial charge in [-0.05, 0) is 12.8 Å². The first kappa shape index (κ1) is 7.46. The summed E-state index contributed by atoms with van der Waals surface area (Å²) in [6, 6.07) is -0.0405. The molecule has 1 fully saturated rings. The van der Waals surface area contributed by atoms with Gasteiger partial charge in [-0.25, -0.2) is 4.68 Å². The molecule has 2 rings (SSSR count). The van der Waals surface area contributed by atoms with Crippen molar-refractivity contribution in [2.75, 3.05) is 0 Å². The van der Waals surface area contributed by atoms with Crippen LogP contribution in [-0.2, 0) is 4.79 Å². The summed E-state index contributed by atoms with van der Waals surface area (Å²) >= 11 is 0. The average molecular weight is 165 g/mol. The van der Waals surface area contributed by atoms with Crippen molar-refractivity contribution in [2.45, 2.75) is 31.7 Å². The Balaban J connectivity index is 2.17. The predicted octanol–water partition coefficient (Wildman–Crippen LogP) is 0.962. The molecule has 1 atom stereocenters. The summed E-state index contributed by atoms with van der Waals surface area (Å²) < 4.78 is 1.67. The molecule has 1 aliphatic rings. The summed E-state index contributed by atoms with van der Waals surface area (Å²) in [7, 11) is 0. The smallest absolute Gasteiger partial charge is 0.157 e. The highest BCUT2D eigenvalue weighted by Gasteiger charge is 2.23. The molecule has 0 aliphatic heterocycles. The molecule has 4 heteroatoms. The molecule has 0 radical (unpaired) electrons. The minimum absolute atomic E-state index is 0.0405. The SMILES string of the molecule is O=C1CCCCC1n1ccnn1. The van der Waals surface area contributed by atoms with Crippen LogP contribution < -0.4 is 0 Å². The largest absolute Gasteiger partial charge is 0.297 e. The van der Waals surface area contributed by atoms with Gasteiger partial charge < -0.3 is 0 Å². The zero-order chi connectivity index (χ0) is 8.39. The summed E-state index contributed by atoms with van der Waals surface area (Å²) in [5.41, 5.74) is 0. The first-order chi connectivity index (χ1) is 5.88. The molecule has 0 amide bonds. The number of hydrogen-bond donors (Lipinski definition) is 0. The second kappa shape index (κ2) is 3.05. The molecule has 1 aliphatic carbocycles. The van der Waals surface area contributed by atoms with Crippen LogP contribution >= 0.6 is 0 Å². The second-order valence-corrected chi connectivity index (χ2v) is 3.11. The lowest BCUT2D eigenvalue weighted by Crippen LogP contribution is -2.23. The van der Waals surface area contributed by atoms with Crippen LogP contribution in [0.3, 0.4) is 0 Å². The van der Waals surface area contributed by atoms with Gasteiger partial charge in [0.1, 0.15) is 6.04 Å². The minimum Gasteiger partial charge on any atom is -0.297 e. The van der Waals surface area contributed by atoms with Gasteiger partial charge in [0.2, 0.25) is 0 Å². The van der Waals surface area contributed by atoms with Crippen molar-refractivity contribution in [1.82, 2.24) is 15.0 Å². The molecule has 12 heavy (non-hydrogen) atoms. The maximum Gasteiger partial charge on any atom is 0.157 e. The third-order valence-corrected chi connectivity index (χ3v) is 2.28. The highest BCUT2D eigenvalue weighted by Crippen LogP contribution is 2.23. The highest BCUT2D eigenvalue weighted by molar-refractivity contribution is 5.83. The summed E-state index contributed by atoms with van der Waals surface area (Å²) in [4.78, 5) is 11.4. The van der Waals surface area contributed by atoms with Crippen LogP contribution in [-0.4, -0.2) is 20.8 Å². The quantitative estimate of drug-likeness (QED) is 0.622. The van der Waals surface area contributed by atoms with Crippen molar-refractivity contribution in [1.29, 1.82) is 0 Å². The average Bonchev–Trinajstić information content (AvgIpc) is 2.57. The number of rotatable bonds is 1. The van der Waals surface area contributed by atoms with E-state index < -0.39 is 0 Å². The fourth-order valence-electron chi connectivity index (χ4n) is 1.63. The second-order valence-electron chi connectivity index (χ2n) is 3.11. The van der Waals surface area contributed by atoms with Crippen LogP contribution in [0.1, 0.15) is 31.7 Å². The van der Waals surface area contributed by atoms with Crippen molar-refractivity contribution in [2.24, 2.45) is 0 Å². The first-order valence-corrected chi connectivity index (χ1v) is 4.26. The van der Waals surface area contributed by atoms with Crippen LogP contribution in [0.5, 0.6) is 0 Å². The van der Waals surface area contributed by atoms with E-state index in [1.54, 1.807) is 17.1 Å². The number of ketones is 1. The molecule has 0 N–H and O–H groups in total. The number of aromatic nitrogens is 3. The molecule has 0 aromatic carbocycles. The Labute approximate surface area is 70.6 Å². The van der Waals surface area contributed by atoms with Gasteiger partial charge in [-0.2, -0.15) is 0 Å². The van der Waals surface area contributed by atoms with Gasteiger partial charge in [0.05, 0.1) is 6.20 Å². The van der Waals surface area contributed by atoms with Crippen molar-refractivity contribution >= 4 is 5.78 Å². The van der Waals surface area contributed by atoms with Crippen LogP contribution in [0.2, 0.25) is 0 Å². The van der Waals surface area contributed by atoms with Crippen LogP contribution in [0, 0.1) is 0 Å². The monoisotopic (exact) mass is 165 g/mol. The maximum atomic E-state index is 11.4. The van der Waals surface area contributed by atoms with E-state index in [4.69, 9.17) is 0 Å². The van der Waals surface area contributed by atoms with Gasteiger partial charge in [0.15, 0.2) is 5.78 Å². The molecule has 1 heterocycles. The van der Waals surface area contributed by atoms with Gasteiger partial charge in [-0.3, -0.25) is 4.79 Å². The summed E-state index contributed by atoms with van der Waals surface area (Å²) in [5, 5.41) is 7.53. The van der Waals surface area contributed by atoms with Gasteiger partial charge in [0.25, 0.3) is 0 Å². The normalized spacial score (nSPS) is 24.3. The van der Waals surface area contributed by atoms with E-state index >= 15 is 0 Å². The Morgan fingerprint density at radius 1 is 1.50 bits per heavy atom. The van der Waals surface area contributed by atoms with Crippen molar-refractivity contribution in [3.8, 4) is 0 Å². The molecular formula is C8H11N3O. The lowest BCUT2D eigenvalue weighted by molar-refractivity contribution is -0.124. The molecule has 0 saturated heterocycles. The summed E-state index contributed by atoms with van der Waals surface area (Å²) in [5.74, 6) is 0.298. The summed E-state index contributed by atoms with van der Waals surface area (Å²) in [6.07, 6.45) is 7.14. The standard InChI is InChI=1S/C8H11N3O/c12-8-4-2-1-3-7(8)11-6-5-9-10-11/h5-7H,1-4H2. The van der Waals surface area contributed by atoms with Crippen molar-refractivity contribution in [3.63, 3.8) is 0 Å². The van der Waals surface area contributed by atoms with Crippen LogP contribution in [0.4, 0.5) is 0 Å². The molecule has 64 valence electrons. The Hall–Kier alpha value is -1.19. The fourth-order valence-corrected chi connectivity index (χ4v) is 1.63. The Kier molecular flexibility index (Phi) is 1.89. The number of hydrogen-bond acceptors (Lipinski definition) is 3. The molecule has 1 aromatic heterocycles. The molecule has 1 saturated carbocycles. The zero-order valence-electron chi connectivity index (χ0n) is 6.81. The minimum atomic E-state index is -0.0405. The lowest BCUT2D eigenvalue weighted by atomic mass is 9.94. The summed E-state index contributed by atoms with van der Waals surface area (Å²) in [6.45, 7) is 0. The molecule has 0 bridgehead atoms. The van der Waals surface area contributed by atoms with Crippen molar-refractivity contribution < 1.29 is 4.79 Å². The molecule has 1 unspecified atom stereocenters. The fraction of sp³-hybridized carbons (Fsp3) is 0.625. The van der Waals surface area contributed by atoms with E-state index in [-0.39, 0.29) is 6.04 Å². The first-order valence-electron chi connectivity index (χ1n) is 4.26. The molecular weight excluding hydrogens is 154 g/mol. The Morgan fingerprint density at radius 2 is 2.42 bits per heavy atom. The lowest BCUT2D eigenvalue weighted by Gasteiger charge is -2.19. The van der Waals surface area contributed by atoms with Crippen LogP contribution in [0.15, 0.2) is 12.4 Å². The van der Waals surface area contributed by atoms with E-state index in [0.29, 0.717) is 12.2 Å². The van der Waals surface area contributed by atoms with Gasteiger partial charge in [-0.15, -0.1) is 5.10 Å².